The maximum absolute atomic E-state index is 12.6. The van der Waals surface area contributed by atoms with Crippen molar-refractivity contribution in [1.82, 2.24) is 4.90 Å². The van der Waals surface area contributed by atoms with E-state index in [1.807, 2.05) is 6.07 Å². The minimum absolute atomic E-state index is 0.0664. The van der Waals surface area contributed by atoms with Crippen LogP contribution in [-0.2, 0) is 0 Å². The second-order valence-electron chi connectivity index (χ2n) is 4.85. The van der Waals surface area contributed by atoms with Gasteiger partial charge in [0.2, 0.25) is 0 Å². The summed E-state index contributed by atoms with van der Waals surface area (Å²) in [4.78, 5) is 24.9. The van der Waals surface area contributed by atoms with Crippen molar-refractivity contribution in [2.75, 3.05) is 18.9 Å². The Morgan fingerprint density at radius 2 is 2.29 bits per heavy atom. The van der Waals surface area contributed by atoms with E-state index >= 15 is 0 Å². The van der Waals surface area contributed by atoms with Crippen LogP contribution in [0.3, 0.4) is 0 Å². The van der Waals surface area contributed by atoms with Crippen LogP contribution in [0.25, 0.3) is 0 Å². The second-order valence-corrected chi connectivity index (χ2v) is 4.85. The number of nitrogens with one attached hydrogen (secondary N) is 1. The number of rotatable bonds is 6. The molecule has 0 aromatic heterocycles. The van der Waals surface area contributed by atoms with Crippen molar-refractivity contribution in [3.63, 3.8) is 0 Å². The summed E-state index contributed by atoms with van der Waals surface area (Å²) in [7, 11) is 1.57. The number of nitro groups is 1. The average Bonchev–Trinajstić information content (AvgIpc) is 3.31. The summed E-state index contributed by atoms with van der Waals surface area (Å²) in [5.74, 6) is -0.378. The molecule has 0 bridgehead atoms. The van der Waals surface area contributed by atoms with Crippen molar-refractivity contribution < 1.29 is 9.72 Å². The highest BCUT2D eigenvalue weighted by atomic mass is 16.6. The Morgan fingerprint density at radius 3 is 2.81 bits per heavy atom. The van der Waals surface area contributed by atoms with E-state index in [4.69, 9.17) is 5.26 Å². The van der Waals surface area contributed by atoms with Crippen LogP contribution in [0.4, 0.5) is 11.4 Å². The number of benzene rings is 1. The largest absolute Gasteiger partial charge is 0.383 e. The predicted octanol–water partition coefficient (Wildman–Crippen LogP) is 2.15. The van der Waals surface area contributed by atoms with E-state index < -0.39 is 4.92 Å². The molecule has 0 radical (unpaired) electrons. The van der Waals surface area contributed by atoms with Gasteiger partial charge in [0.05, 0.1) is 17.4 Å². The van der Waals surface area contributed by atoms with Crippen molar-refractivity contribution >= 4 is 17.3 Å². The predicted molar refractivity (Wildman–Crippen MR) is 76.9 cm³/mol. The van der Waals surface area contributed by atoms with E-state index in [2.05, 4.69) is 5.32 Å². The number of nitriles is 1. The van der Waals surface area contributed by atoms with Crippen molar-refractivity contribution in [3.05, 3.63) is 33.9 Å². The molecule has 1 aliphatic rings. The van der Waals surface area contributed by atoms with Crippen molar-refractivity contribution in [3.8, 4) is 6.07 Å². The number of amides is 1. The van der Waals surface area contributed by atoms with Crippen LogP contribution in [0.5, 0.6) is 0 Å². The molecule has 7 heteroatoms. The molecule has 1 amide bonds. The van der Waals surface area contributed by atoms with Gasteiger partial charge in [-0.1, -0.05) is 6.07 Å². The maximum atomic E-state index is 12.6. The Balaban J connectivity index is 2.37. The minimum Gasteiger partial charge on any atom is -0.383 e. The highest BCUT2D eigenvalue weighted by molar-refractivity contribution is 6.00. The lowest BCUT2D eigenvalue weighted by atomic mass is 10.1. The fraction of sp³-hybridized carbons (Fsp3) is 0.429. The van der Waals surface area contributed by atoms with Crippen LogP contribution in [0.15, 0.2) is 18.2 Å². The molecule has 1 aromatic rings. The molecule has 0 heterocycles. The number of carbonyl (C=O) groups is 1. The van der Waals surface area contributed by atoms with Gasteiger partial charge in [0.1, 0.15) is 11.3 Å². The lowest BCUT2D eigenvalue weighted by Crippen LogP contribution is -2.34. The molecular weight excluding hydrogens is 272 g/mol. The van der Waals surface area contributed by atoms with Crippen molar-refractivity contribution in [1.29, 1.82) is 5.26 Å². The molecular formula is C14H16N4O3. The normalized spacial score (nSPS) is 13.3. The first-order chi connectivity index (χ1) is 10.1. The zero-order valence-corrected chi connectivity index (χ0v) is 11.7. The summed E-state index contributed by atoms with van der Waals surface area (Å²) < 4.78 is 0. The van der Waals surface area contributed by atoms with Gasteiger partial charge in [-0.15, -0.1) is 0 Å². The minimum atomic E-state index is -0.547. The number of hydrogen-bond donors (Lipinski definition) is 1. The molecule has 0 spiro atoms. The van der Waals surface area contributed by atoms with Crippen LogP contribution >= 0.6 is 0 Å². The summed E-state index contributed by atoms with van der Waals surface area (Å²) in [5, 5.41) is 22.7. The molecule has 1 fully saturated rings. The Hall–Kier alpha value is -2.62. The standard InChI is InChI=1S/C14H16N4O3/c1-16-12-5-2-4-11(13(12)18(20)21)14(19)17(9-3-8-15)10-6-7-10/h2,4-5,10,16H,3,6-7,9H2,1H3. The van der Waals surface area contributed by atoms with E-state index in [0.717, 1.165) is 12.8 Å². The van der Waals surface area contributed by atoms with Crippen LogP contribution in [0.1, 0.15) is 29.6 Å². The van der Waals surface area contributed by atoms with Gasteiger partial charge >= 0.3 is 5.69 Å². The summed E-state index contributed by atoms with van der Waals surface area (Å²) in [5.41, 5.74) is 0.158. The molecule has 2 rings (SSSR count). The zero-order chi connectivity index (χ0) is 15.4. The Bertz CT molecular complexity index is 605. The Kier molecular flexibility index (Phi) is 4.38. The van der Waals surface area contributed by atoms with Gasteiger partial charge in [-0.25, -0.2) is 0 Å². The molecule has 7 nitrogen and oxygen atoms in total. The number of anilines is 1. The van der Waals surface area contributed by atoms with E-state index in [-0.39, 0.29) is 29.6 Å². The average molecular weight is 288 g/mol. The number of carbonyl (C=O) groups excluding carboxylic acids is 1. The van der Waals surface area contributed by atoms with Crippen LogP contribution in [0.2, 0.25) is 0 Å². The van der Waals surface area contributed by atoms with Gasteiger partial charge in [-0.05, 0) is 25.0 Å². The number of para-hydroxylation sites is 1. The van der Waals surface area contributed by atoms with E-state index in [1.54, 1.807) is 24.1 Å². The molecule has 0 aliphatic heterocycles. The van der Waals surface area contributed by atoms with Gasteiger partial charge in [-0.3, -0.25) is 14.9 Å². The van der Waals surface area contributed by atoms with E-state index in [1.165, 1.54) is 6.07 Å². The third-order valence-corrected chi connectivity index (χ3v) is 3.43. The fourth-order valence-corrected chi connectivity index (χ4v) is 2.28. The van der Waals surface area contributed by atoms with Gasteiger partial charge in [0.15, 0.2) is 0 Å². The summed E-state index contributed by atoms with van der Waals surface area (Å²) >= 11 is 0. The van der Waals surface area contributed by atoms with Crippen molar-refractivity contribution in [2.45, 2.75) is 25.3 Å². The van der Waals surface area contributed by atoms with Gasteiger partial charge in [-0.2, -0.15) is 5.26 Å². The summed E-state index contributed by atoms with van der Waals surface area (Å²) in [6.45, 7) is 0.306. The second kappa shape index (κ2) is 6.22. The monoisotopic (exact) mass is 288 g/mol. The van der Waals surface area contributed by atoms with E-state index in [0.29, 0.717) is 12.2 Å². The first-order valence-corrected chi connectivity index (χ1v) is 6.73. The highest BCUT2D eigenvalue weighted by Gasteiger charge is 2.35. The number of hydrogen-bond acceptors (Lipinski definition) is 5. The summed E-state index contributed by atoms with van der Waals surface area (Å²) in [6.07, 6.45) is 2.00. The van der Waals surface area contributed by atoms with Gasteiger partial charge < -0.3 is 10.2 Å². The molecule has 1 saturated carbocycles. The third-order valence-electron chi connectivity index (χ3n) is 3.43. The zero-order valence-electron chi connectivity index (χ0n) is 11.7. The molecule has 0 unspecified atom stereocenters. The molecule has 110 valence electrons. The molecule has 1 aliphatic carbocycles. The van der Waals surface area contributed by atoms with Crippen LogP contribution in [0, 0.1) is 21.4 Å². The molecule has 1 N–H and O–H groups in total. The van der Waals surface area contributed by atoms with Gasteiger partial charge in [0.25, 0.3) is 5.91 Å². The van der Waals surface area contributed by atoms with Crippen LogP contribution in [-0.4, -0.2) is 35.4 Å². The van der Waals surface area contributed by atoms with E-state index in [9.17, 15) is 14.9 Å². The van der Waals surface area contributed by atoms with Crippen LogP contribution < -0.4 is 5.32 Å². The topological polar surface area (TPSA) is 99.3 Å². The molecule has 21 heavy (non-hydrogen) atoms. The first-order valence-electron chi connectivity index (χ1n) is 6.73. The highest BCUT2D eigenvalue weighted by Crippen LogP contribution is 2.33. The third kappa shape index (κ3) is 3.11. The number of nitro benzene ring substituents is 1. The number of nitrogens with zero attached hydrogens (tertiary/aromatic N) is 3. The Labute approximate surface area is 122 Å². The lowest BCUT2D eigenvalue weighted by Gasteiger charge is -2.21. The summed E-state index contributed by atoms with van der Waals surface area (Å²) in [6, 6.07) is 6.74. The fourth-order valence-electron chi connectivity index (χ4n) is 2.28. The Morgan fingerprint density at radius 1 is 1.57 bits per heavy atom. The quantitative estimate of drug-likeness (QED) is 0.638. The maximum Gasteiger partial charge on any atom is 0.305 e. The van der Waals surface area contributed by atoms with Gasteiger partial charge in [0, 0.05) is 19.6 Å². The lowest BCUT2D eigenvalue weighted by molar-refractivity contribution is -0.384. The molecule has 0 saturated heterocycles. The smallest absolute Gasteiger partial charge is 0.305 e. The first kappa shape index (κ1) is 14.8. The molecule has 1 aromatic carbocycles. The molecule has 0 atom stereocenters. The van der Waals surface area contributed by atoms with Crippen molar-refractivity contribution in [2.24, 2.45) is 0 Å². The SMILES string of the molecule is CNc1cccc(C(=O)N(CCC#N)C2CC2)c1[N+](=O)[O-].